The number of hydrogen-bond acceptors (Lipinski definition) is 15. The summed E-state index contributed by atoms with van der Waals surface area (Å²) in [5.41, 5.74) is -1.27. The third-order valence-electron chi connectivity index (χ3n) is 12.7. The lowest BCUT2D eigenvalue weighted by molar-refractivity contribution is -0.336. The summed E-state index contributed by atoms with van der Waals surface area (Å²) in [6.45, 7) is 16.7. The minimum absolute atomic E-state index is 0.0182. The number of benzene rings is 1. The fourth-order valence-corrected chi connectivity index (χ4v) is 9.20. The number of aromatic nitrogens is 2. The number of phenols is 1. The van der Waals surface area contributed by atoms with E-state index < -0.39 is 88.5 Å². The third kappa shape index (κ3) is 8.34. The van der Waals surface area contributed by atoms with Crippen LogP contribution in [0.2, 0.25) is 0 Å². The van der Waals surface area contributed by atoms with Gasteiger partial charge in [-0.15, -0.1) is 0 Å². The van der Waals surface area contributed by atoms with Gasteiger partial charge in [0.1, 0.15) is 35.3 Å². The van der Waals surface area contributed by atoms with Gasteiger partial charge in [0, 0.05) is 74.3 Å². The number of hydrogen-bond donors (Lipinski definition) is 2. The smallest absolute Gasteiger partial charge is 0.419 e. The van der Waals surface area contributed by atoms with Crippen LogP contribution >= 0.6 is 0 Å². The van der Waals surface area contributed by atoms with Crippen LogP contribution < -0.4 is 10.1 Å². The largest absolute Gasteiger partial charge is 0.507 e. The number of ketones is 3. The Hall–Kier alpha value is -5.62. The maximum Gasteiger partial charge on any atom is 0.419 e. The Morgan fingerprint density at radius 1 is 0.921 bits per heavy atom. The predicted octanol–water partition coefficient (Wildman–Crippen LogP) is 5.41. The van der Waals surface area contributed by atoms with E-state index in [0.29, 0.717) is 0 Å². The highest BCUT2D eigenvalue weighted by atomic mass is 16.7. The second kappa shape index (κ2) is 17.5. The number of fused-ring (bicyclic) bond motifs is 10. The molecule has 2 aromatic rings. The summed E-state index contributed by atoms with van der Waals surface area (Å²) in [5.74, 6) is -8.35. The van der Waals surface area contributed by atoms with Crippen LogP contribution in [-0.2, 0) is 33.2 Å². The first-order valence-corrected chi connectivity index (χ1v) is 21.2. The molecule has 2 saturated heterocycles. The number of methoxy groups -OCH3 is 1. The highest BCUT2D eigenvalue weighted by molar-refractivity contribution is 6.32. The van der Waals surface area contributed by atoms with E-state index in [2.05, 4.69) is 10.3 Å². The van der Waals surface area contributed by atoms with Crippen molar-refractivity contribution in [3.05, 3.63) is 88.5 Å². The number of aromatic hydroxyl groups is 1. The van der Waals surface area contributed by atoms with Crippen LogP contribution in [0.15, 0.2) is 66.3 Å². The number of carbonyl (C=O) groups excluding carboxylic acids is 5. The number of imidazole rings is 1. The van der Waals surface area contributed by atoms with Crippen molar-refractivity contribution in [1.29, 1.82) is 0 Å². The Balaban J connectivity index is 1.35. The van der Waals surface area contributed by atoms with Gasteiger partial charge < -0.3 is 48.5 Å². The van der Waals surface area contributed by atoms with Crippen molar-refractivity contribution in [2.45, 2.75) is 98.3 Å². The molecule has 2 N–H and O–H groups in total. The van der Waals surface area contributed by atoms with Gasteiger partial charge in [0.15, 0.2) is 5.79 Å². The maximum atomic E-state index is 14.8. The molecular weight excluding hydrogens is 817 g/mol. The van der Waals surface area contributed by atoms with Crippen molar-refractivity contribution < 1.29 is 62.2 Å². The zero-order valence-corrected chi connectivity index (χ0v) is 37.3. The Bertz CT molecular complexity index is 2310. The van der Waals surface area contributed by atoms with Crippen molar-refractivity contribution >= 4 is 29.4 Å². The molecule has 9 atom stereocenters. The second-order valence-electron chi connectivity index (χ2n) is 17.4. The number of amides is 1. The third-order valence-corrected chi connectivity index (χ3v) is 12.7. The Morgan fingerprint density at radius 3 is 2.29 bits per heavy atom. The number of Topliss-reactive ketones (excluding diaryl/α,β-unsaturated/α-hetero) is 3. The molecule has 5 aliphatic heterocycles. The van der Waals surface area contributed by atoms with Crippen LogP contribution in [0.4, 0.5) is 4.79 Å². The topological polar surface area (TPSA) is 203 Å². The lowest BCUT2D eigenvalue weighted by Gasteiger charge is -2.50. The van der Waals surface area contributed by atoms with E-state index in [1.807, 2.05) is 47.6 Å². The highest BCUT2D eigenvalue weighted by Gasteiger charge is 2.54. The molecule has 1 aromatic carbocycles. The monoisotopic (exact) mass is 872 g/mol. The zero-order valence-electron chi connectivity index (χ0n) is 37.3. The van der Waals surface area contributed by atoms with Crippen molar-refractivity contribution in [3.63, 3.8) is 0 Å². The number of phenolic OH excluding ortho intramolecular Hbond substituents is 1. The number of carbonyl (C=O) groups is 5. The molecule has 6 heterocycles. The molecule has 0 spiro atoms. The minimum Gasteiger partial charge on any atom is -0.507 e. The number of allylic oxidation sites excluding steroid dienone is 4. The predicted molar refractivity (Wildman–Crippen MR) is 225 cm³/mol. The molecule has 0 saturated carbocycles. The van der Waals surface area contributed by atoms with Crippen molar-refractivity contribution in [2.24, 2.45) is 23.7 Å². The van der Waals surface area contributed by atoms with Gasteiger partial charge in [0.05, 0.1) is 54.5 Å². The van der Waals surface area contributed by atoms with Crippen molar-refractivity contribution in [1.82, 2.24) is 19.8 Å². The lowest BCUT2D eigenvalue weighted by Crippen LogP contribution is -2.56. The first kappa shape index (κ1) is 45.4. The van der Waals surface area contributed by atoms with E-state index in [1.165, 1.54) is 50.5 Å². The summed E-state index contributed by atoms with van der Waals surface area (Å²) in [6, 6.07) is 0. The quantitative estimate of drug-likeness (QED) is 0.396. The Kier molecular flexibility index (Phi) is 12.6. The lowest BCUT2D eigenvalue weighted by atomic mass is 9.77. The van der Waals surface area contributed by atoms with E-state index >= 15 is 0 Å². The SMILES string of the molecule is CO[C@H]1C=CO[C@@]2(C)Oc3c(C)c(O)c4c(c3C2=O)C(=O)C(N2CCOCC2)=C(NC(=O)C(C)=CC=C[C@H](C)[C@@H]2OC(C)(C)O[C@@H]([C@@H](C)[C@H](OC(=O)n3ccnc3)[C@@H]1C)[C@@H]2C)C4=O. The second-order valence-corrected chi connectivity index (χ2v) is 17.4. The maximum absolute atomic E-state index is 14.8. The standard InChI is InChI=1S/C46H56N4O13/c1-23-12-11-13-24(2)43(55)48-33-34(49-17-20-58-21-18-49)37(53)30-31(36(33)52)35(51)26(4)41-32(30)42(54)46(9,63-41)59-19-14-29(57-10)25(3)39(60-44(56)50-16-15-47-22-50)28(6)40-27(5)38(23)61-45(7,8)62-40/h11-16,19,22-23,25,27-29,38-40,51H,17-18,20-21H2,1-10H3,(H,48,55)/t23-,25+,27+,28-,29-,38-,39+,40+,46-/m0/s1. The van der Waals surface area contributed by atoms with Crippen LogP contribution in [0.5, 0.6) is 11.5 Å². The van der Waals surface area contributed by atoms with Gasteiger partial charge >= 0.3 is 11.9 Å². The van der Waals surface area contributed by atoms with Gasteiger partial charge in [0.2, 0.25) is 11.6 Å². The average Bonchev–Trinajstić information content (AvgIpc) is 3.89. The van der Waals surface area contributed by atoms with E-state index in [0.717, 1.165) is 0 Å². The summed E-state index contributed by atoms with van der Waals surface area (Å²) < 4.78 is 44.4. The molecule has 1 aromatic heterocycles. The van der Waals surface area contributed by atoms with E-state index in [1.54, 1.807) is 30.1 Å². The fraction of sp³-hybridized carbons (Fsp3) is 0.522. The molecule has 0 unspecified atom stereocenters. The van der Waals surface area contributed by atoms with Gasteiger partial charge in [-0.25, -0.2) is 14.3 Å². The van der Waals surface area contributed by atoms with E-state index in [-0.39, 0.29) is 77.5 Å². The molecule has 1 aliphatic carbocycles. The summed E-state index contributed by atoms with van der Waals surface area (Å²) in [4.78, 5) is 77.1. The van der Waals surface area contributed by atoms with Crippen LogP contribution in [0.25, 0.3) is 0 Å². The molecule has 17 nitrogen and oxygen atoms in total. The number of rotatable bonds is 3. The van der Waals surface area contributed by atoms with Gasteiger partial charge in [-0.2, -0.15) is 0 Å². The molecule has 17 heteroatoms. The van der Waals surface area contributed by atoms with E-state index in [9.17, 15) is 29.1 Å². The molecule has 2 fully saturated rings. The molecule has 6 aliphatic rings. The zero-order chi connectivity index (χ0) is 45.7. The number of nitrogens with zero attached hydrogens (tertiary/aromatic N) is 3. The molecule has 63 heavy (non-hydrogen) atoms. The molecule has 8 rings (SSSR count). The van der Waals surface area contributed by atoms with Crippen LogP contribution in [0, 0.1) is 30.6 Å². The minimum atomic E-state index is -2.07. The summed E-state index contributed by atoms with van der Waals surface area (Å²) >= 11 is 0. The summed E-state index contributed by atoms with van der Waals surface area (Å²) in [5, 5.41) is 14.3. The average molecular weight is 873 g/mol. The van der Waals surface area contributed by atoms with Gasteiger partial charge in [-0.1, -0.05) is 45.9 Å². The highest BCUT2D eigenvalue weighted by Crippen LogP contribution is 2.49. The first-order valence-electron chi connectivity index (χ1n) is 21.2. The van der Waals surface area contributed by atoms with Crippen molar-refractivity contribution in [3.8, 4) is 11.5 Å². The van der Waals surface area contributed by atoms with Gasteiger partial charge in [0.25, 0.3) is 11.7 Å². The number of ether oxygens (including phenoxy) is 7. The molecular formula is C46H56N4O13. The van der Waals surface area contributed by atoms with Gasteiger partial charge in [-0.3, -0.25) is 19.2 Å². The Morgan fingerprint density at radius 2 is 1.62 bits per heavy atom. The fourth-order valence-electron chi connectivity index (χ4n) is 9.20. The van der Waals surface area contributed by atoms with Gasteiger partial charge in [-0.05, 0) is 33.8 Å². The summed E-state index contributed by atoms with van der Waals surface area (Å²) in [7, 11) is 1.49. The molecule has 338 valence electrons. The number of nitrogens with one attached hydrogen (secondary N) is 1. The normalized spacial score (nSPS) is 31.3. The van der Waals surface area contributed by atoms with Crippen LogP contribution in [-0.4, -0.2) is 118 Å². The first-order chi connectivity index (χ1) is 29.8. The summed E-state index contributed by atoms with van der Waals surface area (Å²) in [6.07, 6.45) is 9.16. The van der Waals surface area contributed by atoms with Crippen molar-refractivity contribution in [2.75, 3.05) is 33.4 Å². The molecule has 1 amide bonds. The van der Waals surface area contributed by atoms with E-state index in [4.69, 9.17) is 33.2 Å². The Labute approximate surface area is 366 Å². The molecule has 7 bridgehead atoms. The van der Waals surface area contributed by atoms with Crippen LogP contribution in [0.3, 0.4) is 0 Å². The van der Waals surface area contributed by atoms with Crippen LogP contribution in [0.1, 0.15) is 92.0 Å². The molecule has 0 radical (unpaired) electrons. The number of morpholine rings is 1.